The monoisotopic (exact) mass is 353 g/mol. The Morgan fingerprint density at radius 2 is 1.92 bits per heavy atom. The highest BCUT2D eigenvalue weighted by molar-refractivity contribution is 5.56. The van der Waals surface area contributed by atoms with Crippen molar-refractivity contribution in [3.8, 4) is 11.4 Å². The van der Waals surface area contributed by atoms with Gasteiger partial charge in [-0.15, -0.1) is 0 Å². The number of rotatable bonds is 4. The summed E-state index contributed by atoms with van der Waals surface area (Å²) >= 11 is 0. The molecule has 0 amide bonds. The zero-order chi connectivity index (χ0) is 17.8. The minimum atomic E-state index is 0.497. The predicted molar refractivity (Wildman–Crippen MR) is 102 cm³/mol. The molecular formula is C20H27N5O. The van der Waals surface area contributed by atoms with Crippen LogP contribution >= 0.6 is 0 Å². The van der Waals surface area contributed by atoms with Gasteiger partial charge in [0, 0.05) is 61.9 Å². The summed E-state index contributed by atoms with van der Waals surface area (Å²) in [6.45, 7) is 4.12. The van der Waals surface area contributed by atoms with Gasteiger partial charge < -0.3 is 15.0 Å². The second kappa shape index (κ2) is 8.10. The Hall–Kier alpha value is -2.05. The van der Waals surface area contributed by atoms with E-state index < -0.39 is 0 Å². The van der Waals surface area contributed by atoms with Crippen molar-refractivity contribution in [1.82, 2.24) is 19.9 Å². The molecule has 0 aliphatic carbocycles. The molecule has 0 saturated carbocycles. The van der Waals surface area contributed by atoms with Crippen molar-refractivity contribution in [2.45, 2.75) is 37.6 Å². The van der Waals surface area contributed by atoms with Gasteiger partial charge in [0.25, 0.3) is 0 Å². The van der Waals surface area contributed by atoms with Gasteiger partial charge in [-0.3, -0.25) is 4.98 Å². The van der Waals surface area contributed by atoms with E-state index in [9.17, 15) is 0 Å². The number of hydrogen-bond donors (Lipinski definition) is 1. The van der Waals surface area contributed by atoms with E-state index in [-0.39, 0.29) is 0 Å². The topological polar surface area (TPSA) is 63.2 Å². The zero-order valence-electron chi connectivity index (χ0n) is 15.4. The van der Waals surface area contributed by atoms with Crippen LogP contribution in [0.1, 0.15) is 37.3 Å². The van der Waals surface area contributed by atoms with Gasteiger partial charge in [-0.2, -0.15) is 0 Å². The average molecular weight is 353 g/mol. The summed E-state index contributed by atoms with van der Waals surface area (Å²) in [5.74, 6) is 2.13. The molecule has 4 rings (SSSR count). The molecule has 2 saturated heterocycles. The van der Waals surface area contributed by atoms with Crippen LogP contribution in [0.15, 0.2) is 30.6 Å². The van der Waals surface area contributed by atoms with Gasteiger partial charge in [0.15, 0.2) is 5.82 Å². The highest BCUT2D eigenvalue weighted by Gasteiger charge is 2.28. The fourth-order valence-corrected chi connectivity index (χ4v) is 4.04. The number of ether oxygens (including phenoxy) is 1. The lowest BCUT2D eigenvalue weighted by atomic mass is 9.91. The molecule has 2 aliphatic heterocycles. The first-order valence-corrected chi connectivity index (χ1v) is 9.62. The van der Waals surface area contributed by atoms with Crippen molar-refractivity contribution in [3.05, 3.63) is 36.3 Å². The maximum absolute atomic E-state index is 5.51. The normalized spacial score (nSPS) is 20.2. The third-order valence-corrected chi connectivity index (χ3v) is 5.58. The smallest absolute Gasteiger partial charge is 0.163 e. The van der Waals surface area contributed by atoms with E-state index in [4.69, 9.17) is 9.72 Å². The Balaban J connectivity index is 1.49. The Kier molecular flexibility index (Phi) is 5.41. The van der Waals surface area contributed by atoms with Crippen LogP contribution in [-0.4, -0.2) is 59.2 Å². The van der Waals surface area contributed by atoms with Crippen molar-refractivity contribution < 1.29 is 4.74 Å². The molecule has 0 aromatic carbocycles. The molecule has 6 nitrogen and oxygen atoms in total. The third-order valence-electron chi connectivity index (χ3n) is 5.58. The van der Waals surface area contributed by atoms with Gasteiger partial charge in [0.2, 0.25) is 0 Å². The number of anilines is 1. The summed E-state index contributed by atoms with van der Waals surface area (Å²) in [5, 5.41) is 3.18. The fourth-order valence-electron chi connectivity index (χ4n) is 4.04. The molecule has 0 unspecified atom stereocenters. The van der Waals surface area contributed by atoms with Crippen molar-refractivity contribution >= 4 is 5.82 Å². The van der Waals surface area contributed by atoms with Crippen molar-refractivity contribution in [1.29, 1.82) is 0 Å². The summed E-state index contributed by atoms with van der Waals surface area (Å²) in [7, 11) is 1.91. The van der Waals surface area contributed by atoms with Crippen LogP contribution in [0.25, 0.3) is 11.4 Å². The zero-order valence-corrected chi connectivity index (χ0v) is 15.4. The molecule has 0 radical (unpaired) electrons. The maximum Gasteiger partial charge on any atom is 0.163 e. The number of piperidine rings is 1. The first-order valence-electron chi connectivity index (χ1n) is 9.62. The number of nitrogens with one attached hydrogen (secondary N) is 1. The number of pyridine rings is 1. The predicted octanol–water partition coefficient (Wildman–Crippen LogP) is 2.94. The third kappa shape index (κ3) is 3.86. The second-order valence-electron chi connectivity index (χ2n) is 7.15. The molecule has 1 N–H and O–H groups in total. The van der Waals surface area contributed by atoms with Crippen LogP contribution in [0.2, 0.25) is 0 Å². The second-order valence-corrected chi connectivity index (χ2v) is 7.15. The summed E-state index contributed by atoms with van der Waals surface area (Å²) in [5.41, 5.74) is 2.11. The number of hydrogen-bond acceptors (Lipinski definition) is 6. The van der Waals surface area contributed by atoms with Crippen LogP contribution in [0.3, 0.4) is 0 Å². The minimum Gasteiger partial charge on any atom is -0.381 e. The quantitative estimate of drug-likeness (QED) is 0.912. The van der Waals surface area contributed by atoms with E-state index in [0.29, 0.717) is 12.0 Å². The van der Waals surface area contributed by atoms with Crippen LogP contribution in [-0.2, 0) is 4.74 Å². The Morgan fingerprint density at radius 1 is 1.12 bits per heavy atom. The molecule has 26 heavy (non-hydrogen) atoms. The van der Waals surface area contributed by atoms with Crippen LogP contribution < -0.4 is 5.32 Å². The Bertz CT molecular complexity index is 709. The van der Waals surface area contributed by atoms with Gasteiger partial charge in [0.1, 0.15) is 5.82 Å². The molecule has 2 aromatic heterocycles. The SMILES string of the molecule is CNc1cc(C2CCN(C3CCOCC3)CC2)nc(-c2cccnc2)n1. The van der Waals surface area contributed by atoms with E-state index in [0.717, 1.165) is 62.0 Å². The van der Waals surface area contributed by atoms with Crippen molar-refractivity contribution in [2.75, 3.05) is 38.7 Å². The molecular weight excluding hydrogens is 326 g/mol. The molecule has 0 atom stereocenters. The van der Waals surface area contributed by atoms with Gasteiger partial charge in [-0.25, -0.2) is 9.97 Å². The molecule has 6 heteroatoms. The first kappa shape index (κ1) is 17.4. The fraction of sp³-hybridized carbons (Fsp3) is 0.550. The summed E-state index contributed by atoms with van der Waals surface area (Å²) in [6.07, 6.45) is 8.26. The van der Waals surface area contributed by atoms with Crippen molar-refractivity contribution in [2.24, 2.45) is 0 Å². The number of aromatic nitrogens is 3. The van der Waals surface area contributed by atoms with E-state index in [1.807, 2.05) is 25.4 Å². The molecule has 2 fully saturated rings. The molecule has 2 aliphatic rings. The van der Waals surface area contributed by atoms with Crippen molar-refractivity contribution in [3.63, 3.8) is 0 Å². The minimum absolute atomic E-state index is 0.497. The average Bonchev–Trinajstić information content (AvgIpc) is 2.75. The first-order chi connectivity index (χ1) is 12.8. The van der Waals surface area contributed by atoms with E-state index in [1.54, 1.807) is 6.20 Å². The molecule has 4 heterocycles. The van der Waals surface area contributed by atoms with Crippen LogP contribution in [0.5, 0.6) is 0 Å². The Morgan fingerprint density at radius 3 is 2.62 bits per heavy atom. The van der Waals surface area contributed by atoms with Gasteiger partial charge in [0.05, 0.1) is 0 Å². The van der Waals surface area contributed by atoms with E-state index in [2.05, 4.69) is 26.3 Å². The van der Waals surface area contributed by atoms with Gasteiger partial charge in [-0.05, 0) is 50.9 Å². The Labute approximate surface area is 155 Å². The highest BCUT2D eigenvalue weighted by Crippen LogP contribution is 2.31. The van der Waals surface area contributed by atoms with Crippen LogP contribution in [0.4, 0.5) is 5.82 Å². The molecule has 138 valence electrons. The lowest BCUT2D eigenvalue weighted by Crippen LogP contribution is -2.43. The van der Waals surface area contributed by atoms with Gasteiger partial charge in [-0.1, -0.05) is 0 Å². The van der Waals surface area contributed by atoms with E-state index in [1.165, 1.54) is 12.8 Å². The summed E-state index contributed by atoms with van der Waals surface area (Å²) < 4.78 is 5.51. The molecule has 0 spiro atoms. The molecule has 0 bridgehead atoms. The lowest BCUT2D eigenvalue weighted by molar-refractivity contribution is 0.0250. The number of nitrogens with zero attached hydrogens (tertiary/aromatic N) is 4. The summed E-state index contributed by atoms with van der Waals surface area (Å²) in [6, 6.07) is 6.75. The maximum atomic E-state index is 5.51. The van der Waals surface area contributed by atoms with E-state index >= 15 is 0 Å². The largest absolute Gasteiger partial charge is 0.381 e. The lowest BCUT2D eigenvalue weighted by Gasteiger charge is -2.39. The molecule has 2 aromatic rings. The standard InChI is InChI=1S/C20H27N5O/c1-21-19-13-18(23-20(24-19)16-3-2-8-22-14-16)15-4-9-25(10-5-15)17-6-11-26-12-7-17/h2-3,8,13-15,17H,4-7,9-12H2,1H3,(H,21,23,24). The summed E-state index contributed by atoms with van der Waals surface area (Å²) in [4.78, 5) is 16.4. The van der Waals surface area contributed by atoms with Crippen LogP contribution in [0, 0.1) is 0 Å². The van der Waals surface area contributed by atoms with Gasteiger partial charge >= 0.3 is 0 Å². The highest BCUT2D eigenvalue weighted by atomic mass is 16.5. The number of likely N-dealkylation sites (tertiary alicyclic amines) is 1.